The molecule has 0 unspecified atom stereocenters. The summed E-state index contributed by atoms with van der Waals surface area (Å²) in [5.74, 6) is -0.954. The molecule has 1 saturated heterocycles. The lowest BCUT2D eigenvalue weighted by atomic mass is 9.90. The molecule has 82 valence electrons. The molecule has 2 rings (SSSR count). The Labute approximate surface area is 94.1 Å². The van der Waals surface area contributed by atoms with Crippen LogP contribution in [0.3, 0.4) is 0 Å². The van der Waals surface area contributed by atoms with Crippen molar-refractivity contribution in [2.24, 2.45) is 5.92 Å². The predicted molar refractivity (Wildman–Crippen MR) is 58.2 cm³/mol. The van der Waals surface area contributed by atoms with Gasteiger partial charge in [-0.25, -0.2) is 0 Å². The Morgan fingerprint density at radius 2 is 2.07 bits per heavy atom. The number of carboxylic acids is 1. The summed E-state index contributed by atoms with van der Waals surface area (Å²) in [5.41, 5.74) is 1.05. The average Bonchev–Trinajstić information content (AvgIpc) is 2.67. The summed E-state index contributed by atoms with van der Waals surface area (Å²) in [5, 5.41) is 12.1. The average molecular weight is 229 g/mol. The van der Waals surface area contributed by atoms with Crippen LogP contribution in [-0.2, 0) is 4.79 Å². The lowest BCUT2D eigenvalue weighted by molar-refractivity contribution is -0.141. The van der Waals surface area contributed by atoms with Crippen molar-refractivity contribution < 1.29 is 9.90 Å². The highest BCUT2D eigenvalue weighted by Gasteiger charge is 2.33. The number of hydrogen-bond acceptors (Lipinski definition) is 3. The Hall–Kier alpha value is -1.13. The molecule has 5 heteroatoms. The van der Waals surface area contributed by atoms with Gasteiger partial charge in [0.25, 0.3) is 0 Å². The van der Waals surface area contributed by atoms with Gasteiger partial charge < -0.3 is 10.4 Å². The lowest BCUT2D eigenvalue weighted by Gasteiger charge is -2.14. The molecule has 0 radical (unpaired) electrons. The van der Waals surface area contributed by atoms with Crippen LogP contribution in [0.4, 0.5) is 0 Å². The van der Waals surface area contributed by atoms with Crippen LogP contribution in [0.2, 0.25) is 0 Å². The van der Waals surface area contributed by atoms with Crippen molar-refractivity contribution in [3.63, 3.8) is 0 Å². The number of nitrogens with one attached hydrogen (secondary N) is 1. The molecule has 0 aromatic carbocycles. The molecule has 15 heavy (non-hydrogen) atoms. The monoisotopic (exact) mass is 228 g/mol. The van der Waals surface area contributed by atoms with Gasteiger partial charge in [0, 0.05) is 31.4 Å². The maximum absolute atomic E-state index is 10.9. The second-order valence-corrected chi connectivity index (χ2v) is 3.49. The zero-order chi connectivity index (χ0) is 9.97. The third kappa shape index (κ3) is 2.46. The number of carbonyl (C=O) groups is 1. The first-order valence-electron chi connectivity index (χ1n) is 4.62. The highest BCUT2D eigenvalue weighted by Crippen LogP contribution is 2.27. The van der Waals surface area contributed by atoms with Crippen molar-refractivity contribution in [1.29, 1.82) is 0 Å². The van der Waals surface area contributed by atoms with Crippen molar-refractivity contribution in [1.82, 2.24) is 10.3 Å². The van der Waals surface area contributed by atoms with Crippen molar-refractivity contribution in [2.45, 2.75) is 5.92 Å². The van der Waals surface area contributed by atoms with E-state index >= 15 is 0 Å². The van der Waals surface area contributed by atoms with E-state index in [1.165, 1.54) is 0 Å². The maximum Gasteiger partial charge on any atom is 0.308 e. The van der Waals surface area contributed by atoms with Crippen LogP contribution in [0.1, 0.15) is 11.5 Å². The molecule has 2 N–H and O–H groups in total. The molecule has 0 aliphatic carbocycles. The molecule has 0 saturated carbocycles. The lowest BCUT2D eigenvalue weighted by Crippen LogP contribution is -2.20. The zero-order valence-electron chi connectivity index (χ0n) is 8.09. The summed E-state index contributed by atoms with van der Waals surface area (Å²) >= 11 is 0. The molecule has 1 aromatic rings. The van der Waals surface area contributed by atoms with Crippen LogP contribution in [0.25, 0.3) is 0 Å². The predicted octanol–water partition coefficient (Wildman–Crippen LogP) is 0.891. The van der Waals surface area contributed by atoms with Crippen molar-refractivity contribution in [3.8, 4) is 0 Å². The SMILES string of the molecule is Cl.O=C(O)[C@H]1CNC[C@@H]1c1ccncc1. The van der Waals surface area contributed by atoms with E-state index in [9.17, 15) is 4.79 Å². The summed E-state index contributed by atoms with van der Waals surface area (Å²) in [7, 11) is 0. The summed E-state index contributed by atoms with van der Waals surface area (Å²) in [6, 6.07) is 3.77. The van der Waals surface area contributed by atoms with Crippen molar-refractivity contribution in [3.05, 3.63) is 30.1 Å². The quantitative estimate of drug-likeness (QED) is 0.789. The van der Waals surface area contributed by atoms with Gasteiger partial charge in [-0.2, -0.15) is 0 Å². The molecule has 0 bridgehead atoms. The minimum absolute atomic E-state index is 0. The molecule has 1 aliphatic rings. The van der Waals surface area contributed by atoms with Crippen LogP contribution in [0.5, 0.6) is 0 Å². The van der Waals surface area contributed by atoms with E-state index in [4.69, 9.17) is 5.11 Å². The van der Waals surface area contributed by atoms with Crippen LogP contribution < -0.4 is 5.32 Å². The number of aliphatic carboxylic acids is 1. The first kappa shape index (κ1) is 11.9. The number of hydrogen-bond donors (Lipinski definition) is 2. The fourth-order valence-corrected chi connectivity index (χ4v) is 1.90. The van der Waals surface area contributed by atoms with Gasteiger partial charge >= 0.3 is 5.97 Å². The summed E-state index contributed by atoms with van der Waals surface area (Å²) < 4.78 is 0. The smallest absolute Gasteiger partial charge is 0.308 e. The highest BCUT2D eigenvalue weighted by molar-refractivity contribution is 5.85. The number of rotatable bonds is 2. The zero-order valence-corrected chi connectivity index (χ0v) is 8.91. The molecule has 4 nitrogen and oxygen atoms in total. The van der Waals surface area contributed by atoms with E-state index < -0.39 is 5.97 Å². The third-order valence-electron chi connectivity index (χ3n) is 2.67. The highest BCUT2D eigenvalue weighted by atomic mass is 35.5. The second-order valence-electron chi connectivity index (χ2n) is 3.49. The number of pyridine rings is 1. The van der Waals surface area contributed by atoms with Crippen molar-refractivity contribution in [2.75, 3.05) is 13.1 Å². The van der Waals surface area contributed by atoms with Crippen LogP contribution in [-0.4, -0.2) is 29.1 Å². The molecule has 0 amide bonds. The molecule has 1 fully saturated rings. The molecule has 2 atom stereocenters. The largest absolute Gasteiger partial charge is 0.481 e. The molecule has 2 heterocycles. The van der Waals surface area contributed by atoms with Gasteiger partial charge in [-0.15, -0.1) is 12.4 Å². The third-order valence-corrected chi connectivity index (χ3v) is 2.67. The number of halogens is 1. The van der Waals surface area contributed by atoms with Gasteiger partial charge in [0.05, 0.1) is 5.92 Å². The van der Waals surface area contributed by atoms with E-state index in [2.05, 4.69) is 10.3 Å². The van der Waals surface area contributed by atoms with E-state index in [0.717, 1.165) is 12.1 Å². The molecule has 0 spiro atoms. The maximum atomic E-state index is 10.9. The molecule has 1 aromatic heterocycles. The summed E-state index contributed by atoms with van der Waals surface area (Å²) in [6.45, 7) is 1.29. The fourth-order valence-electron chi connectivity index (χ4n) is 1.90. The molecular formula is C10H13ClN2O2. The van der Waals surface area contributed by atoms with Gasteiger partial charge in [-0.05, 0) is 17.7 Å². The Kier molecular flexibility index (Phi) is 4.05. The molecular weight excluding hydrogens is 216 g/mol. The first-order chi connectivity index (χ1) is 6.79. The Balaban J connectivity index is 0.00000112. The standard InChI is InChI=1S/C10H12N2O2.ClH/c13-10(14)9-6-12-5-8(9)7-1-3-11-4-2-7;/h1-4,8-9,12H,5-6H2,(H,13,14);1H/t8-,9+;/m1./s1. The van der Waals surface area contributed by atoms with Gasteiger partial charge in [-0.3, -0.25) is 9.78 Å². The van der Waals surface area contributed by atoms with Crippen LogP contribution in [0, 0.1) is 5.92 Å². The number of carboxylic acid groups (broad SMARTS) is 1. The topological polar surface area (TPSA) is 62.2 Å². The van der Waals surface area contributed by atoms with E-state index in [1.54, 1.807) is 12.4 Å². The summed E-state index contributed by atoms with van der Waals surface area (Å²) in [4.78, 5) is 14.8. The minimum atomic E-state index is -0.725. The van der Waals surface area contributed by atoms with E-state index in [-0.39, 0.29) is 24.2 Å². The van der Waals surface area contributed by atoms with Gasteiger partial charge in [0.15, 0.2) is 0 Å². The molecule has 1 aliphatic heterocycles. The van der Waals surface area contributed by atoms with Crippen molar-refractivity contribution >= 4 is 18.4 Å². The van der Waals surface area contributed by atoms with E-state index in [1.807, 2.05) is 12.1 Å². The van der Waals surface area contributed by atoms with Gasteiger partial charge in [-0.1, -0.05) is 0 Å². The fraction of sp³-hybridized carbons (Fsp3) is 0.400. The number of aromatic nitrogens is 1. The second kappa shape index (κ2) is 5.09. The Bertz CT molecular complexity index is 331. The van der Waals surface area contributed by atoms with Crippen LogP contribution >= 0.6 is 12.4 Å². The normalized spacial score (nSPS) is 24.5. The first-order valence-corrected chi connectivity index (χ1v) is 4.62. The van der Waals surface area contributed by atoms with Gasteiger partial charge in [0.1, 0.15) is 0 Å². The minimum Gasteiger partial charge on any atom is -0.481 e. The Morgan fingerprint density at radius 1 is 1.40 bits per heavy atom. The van der Waals surface area contributed by atoms with Gasteiger partial charge in [0.2, 0.25) is 0 Å². The summed E-state index contributed by atoms with van der Waals surface area (Å²) in [6.07, 6.45) is 3.40. The number of nitrogens with zero attached hydrogens (tertiary/aromatic N) is 1. The Morgan fingerprint density at radius 3 is 2.67 bits per heavy atom. The van der Waals surface area contributed by atoms with E-state index in [0.29, 0.717) is 6.54 Å². The van der Waals surface area contributed by atoms with Crippen LogP contribution in [0.15, 0.2) is 24.5 Å².